The number of nitrogens with zero attached hydrogens (tertiary/aromatic N) is 1. The van der Waals surface area contributed by atoms with Gasteiger partial charge in [0.05, 0.1) is 6.10 Å². The average molecular weight is 259 g/mol. The van der Waals surface area contributed by atoms with E-state index in [0.717, 1.165) is 18.0 Å². The molecule has 0 saturated heterocycles. The van der Waals surface area contributed by atoms with Gasteiger partial charge in [0.1, 0.15) is 5.75 Å². The minimum Gasteiger partial charge on any atom is -0.491 e. The molecule has 19 heavy (non-hydrogen) atoms. The molecule has 0 bridgehead atoms. The number of para-hydroxylation sites is 1. The van der Waals surface area contributed by atoms with Gasteiger partial charge in [-0.05, 0) is 32.9 Å². The number of hydrogen-bond donors (Lipinski definition) is 2. The van der Waals surface area contributed by atoms with Crippen molar-refractivity contribution in [2.45, 2.75) is 39.5 Å². The normalized spacial score (nSPS) is 12.6. The van der Waals surface area contributed by atoms with E-state index in [-0.39, 0.29) is 12.1 Å². The predicted octanol–water partition coefficient (Wildman–Crippen LogP) is 3.05. The van der Waals surface area contributed by atoms with E-state index in [1.807, 2.05) is 38.1 Å². The van der Waals surface area contributed by atoms with Crippen molar-refractivity contribution < 1.29 is 4.74 Å². The molecule has 1 unspecified atom stereocenters. The molecule has 2 rings (SSSR count). The van der Waals surface area contributed by atoms with Gasteiger partial charge in [-0.2, -0.15) is 5.10 Å². The van der Waals surface area contributed by atoms with Gasteiger partial charge >= 0.3 is 0 Å². The quantitative estimate of drug-likeness (QED) is 0.838. The van der Waals surface area contributed by atoms with Gasteiger partial charge in [0.15, 0.2) is 0 Å². The smallest absolute Gasteiger partial charge is 0.124 e. The first-order valence-electron chi connectivity index (χ1n) is 6.64. The highest BCUT2D eigenvalue weighted by Gasteiger charge is 2.11. The molecule has 0 saturated carbocycles. The van der Waals surface area contributed by atoms with Crippen molar-refractivity contribution in [2.24, 2.45) is 0 Å². The van der Waals surface area contributed by atoms with Gasteiger partial charge in [0, 0.05) is 30.0 Å². The fourth-order valence-corrected chi connectivity index (χ4v) is 1.96. The van der Waals surface area contributed by atoms with Crippen molar-refractivity contribution >= 4 is 0 Å². The lowest BCUT2D eigenvalue weighted by Gasteiger charge is -2.19. The minimum absolute atomic E-state index is 0.181. The largest absolute Gasteiger partial charge is 0.491 e. The maximum Gasteiger partial charge on any atom is 0.124 e. The highest BCUT2D eigenvalue weighted by molar-refractivity contribution is 5.35. The topological polar surface area (TPSA) is 49.9 Å². The second-order valence-corrected chi connectivity index (χ2v) is 4.89. The lowest BCUT2D eigenvalue weighted by Crippen LogP contribution is -2.20. The van der Waals surface area contributed by atoms with Gasteiger partial charge < -0.3 is 10.1 Å². The molecule has 0 spiro atoms. The zero-order valence-electron chi connectivity index (χ0n) is 11.7. The SMILES string of the molecule is CC(C)Oc1ccccc1C(C)NCc1ccn[nH]1. The lowest BCUT2D eigenvalue weighted by molar-refractivity contribution is 0.238. The van der Waals surface area contributed by atoms with Crippen molar-refractivity contribution in [1.82, 2.24) is 15.5 Å². The second kappa shape index (κ2) is 6.38. The van der Waals surface area contributed by atoms with Crippen LogP contribution < -0.4 is 10.1 Å². The highest BCUT2D eigenvalue weighted by Crippen LogP contribution is 2.25. The van der Waals surface area contributed by atoms with Crippen molar-refractivity contribution in [3.05, 3.63) is 47.8 Å². The number of nitrogens with one attached hydrogen (secondary N) is 2. The number of H-pyrrole nitrogens is 1. The average Bonchev–Trinajstić information content (AvgIpc) is 2.89. The second-order valence-electron chi connectivity index (χ2n) is 4.89. The lowest BCUT2D eigenvalue weighted by atomic mass is 10.1. The minimum atomic E-state index is 0.181. The van der Waals surface area contributed by atoms with Crippen LogP contribution >= 0.6 is 0 Å². The first-order chi connectivity index (χ1) is 9.16. The van der Waals surface area contributed by atoms with Crippen LogP contribution in [0.25, 0.3) is 0 Å². The maximum atomic E-state index is 5.84. The molecule has 1 heterocycles. The molecule has 1 aromatic carbocycles. The summed E-state index contributed by atoms with van der Waals surface area (Å²) in [5.41, 5.74) is 2.25. The van der Waals surface area contributed by atoms with Gasteiger partial charge in [0.2, 0.25) is 0 Å². The summed E-state index contributed by atoms with van der Waals surface area (Å²) in [7, 11) is 0. The van der Waals surface area contributed by atoms with Crippen LogP contribution in [0.4, 0.5) is 0 Å². The molecule has 1 aromatic heterocycles. The molecule has 0 aliphatic heterocycles. The molecule has 2 aromatic rings. The Morgan fingerprint density at radius 1 is 1.21 bits per heavy atom. The van der Waals surface area contributed by atoms with Crippen LogP contribution in [0.1, 0.15) is 38.1 Å². The van der Waals surface area contributed by atoms with E-state index in [0.29, 0.717) is 0 Å². The van der Waals surface area contributed by atoms with Crippen LogP contribution in [0.2, 0.25) is 0 Å². The maximum absolute atomic E-state index is 5.84. The van der Waals surface area contributed by atoms with Gasteiger partial charge in [-0.3, -0.25) is 5.10 Å². The molecule has 0 fully saturated rings. The number of ether oxygens (including phenoxy) is 1. The summed E-state index contributed by atoms with van der Waals surface area (Å²) in [5.74, 6) is 0.946. The molecule has 0 aliphatic rings. The van der Waals surface area contributed by atoms with Crippen molar-refractivity contribution in [3.8, 4) is 5.75 Å². The molecular weight excluding hydrogens is 238 g/mol. The van der Waals surface area contributed by atoms with Gasteiger partial charge in [-0.25, -0.2) is 0 Å². The van der Waals surface area contributed by atoms with Gasteiger partial charge in [-0.1, -0.05) is 18.2 Å². The zero-order valence-corrected chi connectivity index (χ0v) is 11.7. The molecular formula is C15H21N3O. The third-order valence-electron chi connectivity index (χ3n) is 2.91. The number of hydrogen-bond acceptors (Lipinski definition) is 3. The molecule has 102 valence electrons. The van der Waals surface area contributed by atoms with Crippen LogP contribution in [-0.4, -0.2) is 16.3 Å². The summed E-state index contributed by atoms with van der Waals surface area (Å²) in [6.45, 7) is 6.98. The van der Waals surface area contributed by atoms with E-state index < -0.39 is 0 Å². The van der Waals surface area contributed by atoms with E-state index >= 15 is 0 Å². The number of aromatic nitrogens is 2. The summed E-state index contributed by atoms with van der Waals surface area (Å²) in [6.07, 6.45) is 1.94. The van der Waals surface area contributed by atoms with E-state index in [1.54, 1.807) is 6.20 Å². The summed E-state index contributed by atoms with van der Waals surface area (Å²) < 4.78 is 5.84. The Labute approximate surface area is 114 Å². The van der Waals surface area contributed by atoms with Crippen LogP contribution in [0.5, 0.6) is 5.75 Å². The highest BCUT2D eigenvalue weighted by atomic mass is 16.5. The van der Waals surface area contributed by atoms with Gasteiger partial charge in [-0.15, -0.1) is 0 Å². The Kier molecular flexibility index (Phi) is 4.58. The molecule has 4 nitrogen and oxygen atoms in total. The number of rotatable bonds is 6. The van der Waals surface area contributed by atoms with E-state index in [1.165, 1.54) is 5.56 Å². The molecule has 2 N–H and O–H groups in total. The van der Waals surface area contributed by atoms with E-state index in [4.69, 9.17) is 4.74 Å². The van der Waals surface area contributed by atoms with Crippen LogP contribution in [0.15, 0.2) is 36.5 Å². The van der Waals surface area contributed by atoms with Crippen molar-refractivity contribution in [2.75, 3.05) is 0 Å². The Bertz CT molecular complexity index is 494. The Morgan fingerprint density at radius 3 is 2.68 bits per heavy atom. The molecule has 4 heteroatoms. The van der Waals surface area contributed by atoms with Crippen molar-refractivity contribution in [3.63, 3.8) is 0 Å². The van der Waals surface area contributed by atoms with Crippen LogP contribution in [-0.2, 0) is 6.54 Å². The fraction of sp³-hybridized carbons (Fsp3) is 0.400. The summed E-state index contributed by atoms with van der Waals surface area (Å²) in [5, 5.41) is 10.4. The Balaban J connectivity index is 2.03. The fourth-order valence-electron chi connectivity index (χ4n) is 1.96. The summed E-state index contributed by atoms with van der Waals surface area (Å²) >= 11 is 0. The first kappa shape index (κ1) is 13.6. The third-order valence-corrected chi connectivity index (χ3v) is 2.91. The Morgan fingerprint density at radius 2 is 2.00 bits per heavy atom. The van der Waals surface area contributed by atoms with E-state index in [9.17, 15) is 0 Å². The molecule has 0 aliphatic carbocycles. The molecule has 0 amide bonds. The molecule has 0 radical (unpaired) electrons. The van der Waals surface area contributed by atoms with E-state index in [2.05, 4.69) is 28.5 Å². The first-order valence-corrected chi connectivity index (χ1v) is 6.64. The van der Waals surface area contributed by atoms with Crippen LogP contribution in [0.3, 0.4) is 0 Å². The summed E-state index contributed by atoms with van der Waals surface area (Å²) in [4.78, 5) is 0. The summed E-state index contributed by atoms with van der Waals surface area (Å²) in [6, 6.07) is 10.3. The molecule has 1 atom stereocenters. The standard InChI is InChI=1S/C15H21N3O/c1-11(2)19-15-7-5-4-6-14(15)12(3)16-10-13-8-9-17-18-13/h4-9,11-12,16H,10H2,1-3H3,(H,17,18). The zero-order chi connectivity index (χ0) is 13.7. The van der Waals surface area contributed by atoms with Gasteiger partial charge in [0.25, 0.3) is 0 Å². The monoisotopic (exact) mass is 259 g/mol. The third kappa shape index (κ3) is 3.83. The van der Waals surface area contributed by atoms with Crippen molar-refractivity contribution in [1.29, 1.82) is 0 Å². The van der Waals surface area contributed by atoms with Crippen LogP contribution in [0, 0.1) is 0 Å². The number of aromatic amines is 1. The number of benzene rings is 1. The Hall–Kier alpha value is -1.81. The predicted molar refractivity (Wildman–Crippen MR) is 76.0 cm³/mol.